The highest BCUT2D eigenvalue weighted by atomic mass is 35.5. The molecule has 0 radical (unpaired) electrons. The van der Waals surface area contributed by atoms with Crippen LogP contribution in [0.4, 0.5) is 8.78 Å². The Labute approximate surface area is 209 Å². The number of thioether (sulfide) groups is 1. The van der Waals surface area contributed by atoms with Crippen molar-refractivity contribution in [3.63, 3.8) is 0 Å². The lowest BCUT2D eigenvalue weighted by Crippen LogP contribution is -2.34. The van der Waals surface area contributed by atoms with Crippen molar-refractivity contribution in [2.75, 3.05) is 5.75 Å². The monoisotopic (exact) mass is 536 g/mol. The van der Waals surface area contributed by atoms with Gasteiger partial charge in [0.15, 0.2) is 11.6 Å². The van der Waals surface area contributed by atoms with Gasteiger partial charge in [-0.05, 0) is 36.8 Å². The molecule has 0 spiro atoms. The van der Waals surface area contributed by atoms with Crippen molar-refractivity contribution in [2.24, 2.45) is 0 Å². The molecule has 3 heterocycles. The van der Waals surface area contributed by atoms with Crippen LogP contribution >= 0.6 is 23.4 Å². The summed E-state index contributed by atoms with van der Waals surface area (Å²) in [5.74, 6) is -1.66. The number of hydrogen-bond donors (Lipinski definition) is 1. The van der Waals surface area contributed by atoms with Gasteiger partial charge >= 0.3 is 0 Å². The molecular formula is C23H19ClF2N4O3S2. The number of sulfonamides is 1. The van der Waals surface area contributed by atoms with E-state index < -0.39 is 32.3 Å². The Morgan fingerprint density at radius 2 is 2.00 bits per heavy atom. The maximum absolute atomic E-state index is 15.0. The van der Waals surface area contributed by atoms with E-state index in [0.29, 0.717) is 34.3 Å². The summed E-state index contributed by atoms with van der Waals surface area (Å²) in [6, 6.07) is 5.99. The van der Waals surface area contributed by atoms with Crippen molar-refractivity contribution < 1.29 is 21.9 Å². The summed E-state index contributed by atoms with van der Waals surface area (Å²) in [4.78, 5) is 7.71. The number of imidazole rings is 1. The first-order valence-corrected chi connectivity index (χ1v) is 13.6. The van der Waals surface area contributed by atoms with Gasteiger partial charge in [0.25, 0.3) is 0 Å². The summed E-state index contributed by atoms with van der Waals surface area (Å²) in [5.41, 5.74) is 1.56. The predicted octanol–water partition coefficient (Wildman–Crippen LogP) is 5.64. The van der Waals surface area contributed by atoms with Crippen LogP contribution in [0, 0.1) is 11.6 Å². The third-order valence-corrected chi connectivity index (χ3v) is 8.65. The molecule has 12 heteroatoms. The largest absolute Gasteiger partial charge is 0.453 e. The first-order chi connectivity index (χ1) is 16.8. The molecule has 1 saturated heterocycles. The molecular weight excluding hydrogens is 518 g/mol. The van der Waals surface area contributed by atoms with Crippen molar-refractivity contribution in [1.82, 2.24) is 19.1 Å². The average Bonchev–Trinajstić information content (AvgIpc) is 3.26. The van der Waals surface area contributed by atoms with Gasteiger partial charge in [0.1, 0.15) is 28.5 Å². The van der Waals surface area contributed by atoms with Crippen LogP contribution in [0.3, 0.4) is 0 Å². The van der Waals surface area contributed by atoms with E-state index in [1.165, 1.54) is 23.9 Å². The number of ether oxygens (including phenoxy) is 1. The minimum Gasteiger partial charge on any atom is -0.453 e. The summed E-state index contributed by atoms with van der Waals surface area (Å²) in [6.07, 6.45) is 8.99. The third-order valence-electron chi connectivity index (χ3n) is 5.50. The van der Waals surface area contributed by atoms with Crippen LogP contribution in [0.2, 0.25) is 5.02 Å². The zero-order chi connectivity index (χ0) is 24.6. The first-order valence-electron chi connectivity index (χ1n) is 10.7. The molecule has 1 aliphatic rings. The lowest BCUT2D eigenvalue weighted by molar-refractivity contribution is 0.433. The van der Waals surface area contributed by atoms with Crippen LogP contribution in [0.15, 0.2) is 60.1 Å². The lowest BCUT2D eigenvalue weighted by atomic mass is 10.1. The van der Waals surface area contributed by atoms with Crippen molar-refractivity contribution in [3.05, 3.63) is 71.9 Å². The van der Waals surface area contributed by atoms with Gasteiger partial charge in [0, 0.05) is 35.1 Å². The molecule has 1 atom stereocenters. The van der Waals surface area contributed by atoms with Gasteiger partial charge in [0.2, 0.25) is 10.0 Å². The summed E-state index contributed by atoms with van der Waals surface area (Å²) in [6.45, 7) is 0. The first kappa shape index (κ1) is 24.0. The zero-order valence-electron chi connectivity index (χ0n) is 18.1. The highest BCUT2D eigenvalue weighted by Crippen LogP contribution is 2.38. The number of rotatable bonds is 6. The van der Waals surface area contributed by atoms with Gasteiger partial charge in [-0.15, -0.1) is 11.8 Å². The lowest BCUT2D eigenvalue weighted by Gasteiger charge is -2.22. The smallest absolute Gasteiger partial charge is 0.244 e. The standard InChI is InChI=1S/C23H19ClF2N4O3S2/c24-14-4-5-19(15(9-14)23-18-12-27-6-7-30(18)13-28-23)33-20-10-17(26)21(11-16(20)25)35(31,32)29-22-3-1-2-8-34-22/h4-7,9-13,22,29H,1-3,8H2. The molecule has 7 nitrogen and oxygen atoms in total. The Morgan fingerprint density at radius 1 is 1.14 bits per heavy atom. The SMILES string of the molecule is O=S(=O)(NC1CCCCS1)c1cc(F)c(Oc2ccc(Cl)cc2-c2ncn3ccncc23)cc1F. The van der Waals surface area contributed by atoms with E-state index in [1.807, 2.05) is 0 Å². The highest BCUT2D eigenvalue weighted by Gasteiger charge is 2.27. The molecule has 4 aromatic rings. The number of fused-ring (bicyclic) bond motifs is 1. The maximum atomic E-state index is 15.0. The van der Waals surface area contributed by atoms with Crippen LogP contribution in [-0.2, 0) is 10.0 Å². The van der Waals surface area contributed by atoms with Crippen molar-refractivity contribution in [1.29, 1.82) is 0 Å². The van der Waals surface area contributed by atoms with Gasteiger partial charge in [-0.2, -0.15) is 4.72 Å². The summed E-state index contributed by atoms with van der Waals surface area (Å²) >= 11 is 7.63. The molecule has 1 unspecified atom stereocenters. The summed E-state index contributed by atoms with van der Waals surface area (Å²) in [7, 11) is -4.25. The second-order valence-corrected chi connectivity index (χ2v) is 11.3. The number of nitrogens with one attached hydrogen (secondary N) is 1. The van der Waals surface area contributed by atoms with Gasteiger partial charge < -0.3 is 9.14 Å². The minimum absolute atomic E-state index is 0.157. The van der Waals surface area contributed by atoms with Crippen LogP contribution < -0.4 is 9.46 Å². The Bertz CT molecular complexity index is 1510. The Balaban J connectivity index is 1.48. The average molecular weight is 537 g/mol. The summed E-state index contributed by atoms with van der Waals surface area (Å²) in [5, 5.41) is 0.0140. The molecule has 1 N–H and O–H groups in total. The fourth-order valence-corrected chi connectivity index (χ4v) is 6.79. The van der Waals surface area contributed by atoms with E-state index in [-0.39, 0.29) is 11.1 Å². The Hall–Kier alpha value is -2.73. The second-order valence-electron chi connectivity index (χ2n) is 7.89. The van der Waals surface area contributed by atoms with Gasteiger partial charge in [-0.1, -0.05) is 18.0 Å². The molecule has 5 rings (SSSR count). The number of nitrogens with zero attached hydrogens (tertiary/aromatic N) is 3. The van der Waals surface area contributed by atoms with Crippen molar-refractivity contribution >= 4 is 38.9 Å². The fraction of sp³-hybridized carbons (Fsp3) is 0.217. The molecule has 1 fully saturated rings. The van der Waals surface area contributed by atoms with Crippen molar-refractivity contribution in [3.8, 4) is 22.8 Å². The molecule has 0 saturated carbocycles. The number of hydrogen-bond acceptors (Lipinski definition) is 6. The molecule has 0 amide bonds. The van der Waals surface area contributed by atoms with E-state index in [9.17, 15) is 17.2 Å². The normalized spacial score (nSPS) is 16.5. The predicted molar refractivity (Wildman–Crippen MR) is 130 cm³/mol. The minimum atomic E-state index is -4.25. The molecule has 0 bridgehead atoms. The van der Waals surface area contributed by atoms with E-state index in [2.05, 4.69) is 14.7 Å². The third kappa shape index (κ3) is 4.99. The van der Waals surface area contributed by atoms with Gasteiger partial charge in [0.05, 0.1) is 17.1 Å². The molecule has 2 aromatic heterocycles. The van der Waals surface area contributed by atoms with Crippen LogP contribution in [0.1, 0.15) is 19.3 Å². The van der Waals surface area contributed by atoms with Crippen LogP contribution in [-0.4, -0.2) is 33.9 Å². The quantitative estimate of drug-likeness (QED) is 0.343. The maximum Gasteiger partial charge on any atom is 0.244 e. The fourth-order valence-electron chi connectivity index (χ4n) is 3.81. The molecule has 182 valence electrons. The van der Waals surface area contributed by atoms with Crippen LogP contribution in [0.5, 0.6) is 11.5 Å². The van der Waals surface area contributed by atoms with E-state index in [4.69, 9.17) is 16.3 Å². The van der Waals surface area contributed by atoms with E-state index >= 15 is 0 Å². The zero-order valence-corrected chi connectivity index (χ0v) is 20.5. The molecule has 1 aliphatic heterocycles. The van der Waals surface area contributed by atoms with Gasteiger partial charge in [-0.25, -0.2) is 22.2 Å². The number of halogens is 3. The Morgan fingerprint density at radius 3 is 2.80 bits per heavy atom. The molecule has 0 aliphatic carbocycles. The second kappa shape index (κ2) is 9.73. The Kier molecular flexibility index (Phi) is 6.67. The topological polar surface area (TPSA) is 85.6 Å². The summed E-state index contributed by atoms with van der Waals surface area (Å²) < 4.78 is 65.2. The molecule has 35 heavy (non-hydrogen) atoms. The van der Waals surface area contributed by atoms with Crippen LogP contribution in [0.25, 0.3) is 16.8 Å². The van der Waals surface area contributed by atoms with Crippen molar-refractivity contribution in [2.45, 2.75) is 29.5 Å². The van der Waals surface area contributed by atoms with E-state index in [0.717, 1.165) is 24.7 Å². The number of benzene rings is 2. The number of aromatic nitrogens is 3. The highest BCUT2D eigenvalue weighted by molar-refractivity contribution is 8.00. The molecule has 2 aromatic carbocycles. The van der Waals surface area contributed by atoms with Gasteiger partial charge in [-0.3, -0.25) is 4.98 Å². The van der Waals surface area contributed by atoms with E-state index in [1.54, 1.807) is 35.4 Å².